The largest absolute Gasteiger partial charge is 0.494 e. The van der Waals surface area contributed by atoms with Gasteiger partial charge in [0.1, 0.15) is 11.5 Å². The molecule has 0 N–H and O–H groups in total. The van der Waals surface area contributed by atoms with Gasteiger partial charge in [-0.1, -0.05) is 18.2 Å². The molecule has 0 aliphatic carbocycles. The lowest BCUT2D eigenvalue weighted by Gasteiger charge is -2.07. The summed E-state index contributed by atoms with van der Waals surface area (Å²) in [6, 6.07) is 15.8. The molecule has 0 radical (unpaired) electrons. The highest BCUT2D eigenvalue weighted by molar-refractivity contribution is 5.35. The Kier molecular flexibility index (Phi) is 5.58. The number of non-ortho nitro benzene ring substituents is 1. The molecule has 0 aliphatic heterocycles. The van der Waals surface area contributed by atoms with Gasteiger partial charge in [0.05, 0.1) is 18.1 Å². The van der Waals surface area contributed by atoms with E-state index in [1.807, 2.05) is 30.3 Å². The molecule has 0 aromatic heterocycles. The Morgan fingerprint density at radius 2 is 1.33 bits per heavy atom. The topological polar surface area (TPSA) is 61.6 Å². The second-order valence-electron chi connectivity index (χ2n) is 4.47. The lowest BCUT2D eigenvalue weighted by Crippen LogP contribution is -2.02. The standard InChI is InChI=1S/C16H17NO4/c18-17(19)14-8-10-16(11-9-14)21-13-5-4-12-20-15-6-2-1-3-7-15/h1-3,6-11H,4-5,12-13H2. The molecular formula is C16H17NO4. The molecule has 0 spiro atoms. The van der Waals surface area contributed by atoms with Crippen LogP contribution < -0.4 is 9.47 Å². The average molecular weight is 287 g/mol. The molecule has 2 aromatic rings. The molecule has 0 amide bonds. The van der Waals surface area contributed by atoms with E-state index in [9.17, 15) is 10.1 Å². The van der Waals surface area contributed by atoms with Crippen LogP contribution in [0.5, 0.6) is 11.5 Å². The van der Waals surface area contributed by atoms with E-state index in [0.29, 0.717) is 19.0 Å². The van der Waals surface area contributed by atoms with Crippen molar-refractivity contribution in [3.8, 4) is 11.5 Å². The zero-order valence-corrected chi connectivity index (χ0v) is 11.6. The molecule has 5 nitrogen and oxygen atoms in total. The van der Waals surface area contributed by atoms with Crippen LogP contribution in [0.25, 0.3) is 0 Å². The van der Waals surface area contributed by atoms with Crippen molar-refractivity contribution >= 4 is 5.69 Å². The van der Waals surface area contributed by atoms with E-state index >= 15 is 0 Å². The van der Waals surface area contributed by atoms with Gasteiger partial charge in [0.15, 0.2) is 0 Å². The van der Waals surface area contributed by atoms with E-state index in [1.54, 1.807) is 12.1 Å². The quantitative estimate of drug-likeness (QED) is 0.420. The molecular weight excluding hydrogens is 270 g/mol. The SMILES string of the molecule is O=[N+]([O-])c1ccc(OCCCCOc2ccccc2)cc1. The molecule has 21 heavy (non-hydrogen) atoms. The molecule has 2 aromatic carbocycles. The molecule has 5 heteroatoms. The van der Waals surface area contributed by atoms with Gasteiger partial charge in [0.25, 0.3) is 5.69 Å². The summed E-state index contributed by atoms with van der Waals surface area (Å²) >= 11 is 0. The van der Waals surface area contributed by atoms with Crippen LogP contribution in [0.2, 0.25) is 0 Å². The van der Waals surface area contributed by atoms with Crippen LogP contribution >= 0.6 is 0 Å². The number of hydrogen-bond donors (Lipinski definition) is 0. The van der Waals surface area contributed by atoms with Gasteiger partial charge < -0.3 is 9.47 Å². The Bertz CT molecular complexity index is 554. The Morgan fingerprint density at radius 3 is 1.86 bits per heavy atom. The van der Waals surface area contributed by atoms with Gasteiger partial charge in [0.2, 0.25) is 0 Å². The van der Waals surface area contributed by atoms with Gasteiger partial charge >= 0.3 is 0 Å². The molecule has 0 unspecified atom stereocenters. The second-order valence-corrected chi connectivity index (χ2v) is 4.47. The highest BCUT2D eigenvalue weighted by Gasteiger charge is 2.04. The molecule has 0 bridgehead atoms. The van der Waals surface area contributed by atoms with Crippen LogP contribution in [0.15, 0.2) is 54.6 Å². The fourth-order valence-corrected chi connectivity index (χ4v) is 1.76. The molecule has 0 saturated carbocycles. The summed E-state index contributed by atoms with van der Waals surface area (Å²) in [7, 11) is 0. The molecule has 0 aliphatic rings. The van der Waals surface area contributed by atoms with Crippen molar-refractivity contribution in [2.24, 2.45) is 0 Å². The number of nitrogens with zero attached hydrogens (tertiary/aromatic N) is 1. The van der Waals surface area contributed by atoms with Gasteiger partial charge in [-0.2, -0.15) is 0 Å². The number of benzene rings is 2. The number of hydrogen-bond acceptors (Lipinski definition) is 4. The van der Waals surface area contributed by atoms with Crippen molar-refractivity contribution in [2.45, 2.75) is 12.8 Å². The summed E-state index contributed by atoms with van der Waals surface area (Å²) in [5.41, 5.74) is 0.0682. The number of rotatable bonds is 8. The van der Waals surface area contributed by atoms with Crippen LogP contribution in [0.4, 0.5) is 5.69 Å². The summed E-state index contributed by atoms with van der Waals surface area (Å²) in [6.45, 7) is 1.21. The van der Waals surface area contributed by atoms with Crippen LogP contribution in [0.1, 0.15) is 12.8 Å². The minimum Gasteiger partial charge on any atom is -0.494 e. The van der Waals surface area contributed by atoms with Gasteiger partial charge in [-0.05, 0) is 37.1 Å². The first-order valence-corrected chi connectivity index (χ1v) is 6.81. The van der Waals surface area contributed by atoms with E-state index in [1.165, 1.54) is 12.1 Å². The number of ether oxygens (including phenoxy) is 2. The number of unbranched alkanes of at least 4 members (excludes halogenated alkanes) is 1. The first kappa shape index (κ1) is 14.8. The predicted molar refractivity (Wildman–Crippen MR) is 79.8 cm³/mol. The van der Waals surface area contributed by atoms with Crippen LogP contribution in [0, 0.1) is 10.1 Å². The Morgan fingerprint density at radius 1 is 0.810 bits per heavy atom. The lowest BCUT2D eigenvalue weighted by molar-refractivity contribution is -0.384. The number of nitro benzene ring substituents is 1. The second kappa shape index (κ2) is 7.89. The van der Waals surface area contributed by atoms with E-state index in [-0.39, 0.29) is 5.69 Å². The number of para-hydroxylation sites is 1. The maximum absolute atomic E-state index is 10.5. The van der Waals surface area contributed by atoms with Gasteiger partial charge in [-0.25, -0.2) is 0 Å². The summed E-state index contributed by atoms with van der Waals surface area (Å²) in [5, 5.41) is 10.5. The normalized spacial score (nSPS) is 10.1. The summed E-state index contributed by atoms with van der Waals surface area (Å²) < 4.78 is 11.1. The molecule has 0 heterocycles. The van der Waals surface area contributed by atoms with Crippen molar-refractivity contribution in [1.29, 1.82) is 0 Å². The van der Waals surface area contributed by atoms with Crippen LogP contribution in [0.3, 0.4) is 0 Å². The third-order valence-electron chi connectivity index (χ3n) is 2.87. The maximum Gasteiger partial charge on any atom is 0.269 e. The monoisotopic (exact) mass is 287 g/mol. The molecule has 0 atom stereocenters. The fourth-order valence-electron chi connectivity index (χ4n) is 1.76. The minimum atomic E-state index is -0.426. The van der Waals surface area contributed by atoms with E-state index in [0.717, 1.165) is 18.6 Å². The average Bonchev–Trinajstić information content (AvgIpc) is 2.52. The summed E-state index contributed by atoms with van der Waals surface area (Å²) in [4.78, 5) is 10.1. The highest BCUT2D eigenvalue weighted by Crippen LogP contribution is 2.17. The smallest absolute Gasteiger partial charge is 0.269 e. The number of nitro groups is 1. The molecule has 2 rings (SSSR count). The lowest BCUT2D eigenvalue weighted by atomic mass is 10.3. The van der Waals surface area contributed by atoms with Crippen molar-refractivity contribution < 1.29 is 14.4 Å². The third kappa shape index (κ3) is 5.14. The Hall–Kier alpha value is -2.56. The van der Waals surface area contributed by atoms with E-state index in [4.69, 9.17) is 9.47 Å². The van der Waals surface area contributed by atoms with Crippen LogP contribution in [-0.2, 0) is 0 Å². The van der Waals surface area contributed by atoms with Crippen molar-refractivity contribution in [2.75, 3.05) is 13.2 Å². The predicted octanol–water partition coefficient (Wildman–Crippen LogP) is 3.83. The van der Waals surface area contributed by atoms with Crippen molar-refractivity contribution in [3.63, 3.8) is 0 Å². The van der Waals surface area contributed by atoms with Crippen LogP contribution in [-0.4, -0.2) is 18.1 Å². The summed E-state index contributed by atoms with van der Waals surface area (Å²) in [5.74, 6) is 1.51. The fraction of sp³-hybridized carbons (Fsp3) is 0.250. The zero-order chi connectivity index (χ0) is 14.9. The van der Waals surface area contributed by atoms with Gasteiger partial charge in [0, 0.05) is 12.1 Å². The van der Waals surface area contributed by atoms with Gasteiger partial charge in [-0.3, -0.25) is 10.1 Å². The first-order valence-electron chi connectivity index (χ1n) is 6.81. The Balaban J connectivity index is 1.60. The first-order chi connectivity index (χ1) is 10.3. The molecule has 0 fully saturated rings. The van der Waals surface area contributed by atoms with E-state index < -0.39 is 4.92 Å². The zero-order valence-electron chi connectivity index (χ0n) is 11.6. The molecule has 110 valence electrons. The van der Waals surface area contributed by atoms with Crippen molar-refractivity contribution in [3.05, 3.63) is 64.7 Å². The highest BCUT2D eigenvalue weighted by atomic mass is 16.6. The van der Waals surface area contributed by atoms with Crippen molar-refractivity contribution in [1.82, 2.24) is 0 Å². The molecule has 0 saturated heterocycles. The minimum absolute atomic E-state index is 0.0682. The third-order valence-corrected chi connectivity index (χ3v) is 2.87. The summed E-state index contributed by atoms with van der Waals surface area (Å²) in [6.07, 6.45) is 1.76. The van der Waals surface area contributed by atoms with E-state index in [2.05, 4.69) is 0 Å². The maximum atomic E-state index is 10.5. The van der Waals surface area contributed by atoms with Gasteiger partial charge in [-0.15, -0.1) is 0 Å². The Labute approximate surface area is 123 Å².